The van der Waals surface area contributed by atoms with E-state index < -0.39 is 0 Å². The Morgan fingerprint density at radius 2 is 1.87 bits per heavy atom. The van der Waals surface area contributed by atoms with Crippen LogP contribution in [0.15, 0.2) is 60.8 Å². The highest BCUT2D eigenvalue weighted by atomic mass is 35.5. The lowest BCUT2D eigenvalue weighted by atomic mass is 10.1. The second-order valence-electron chi connectivity index (χ2n) is 5.51. The zero-order valence-corrected chi connectivity index (χ0v) is 13.8. The minimum absolute atomic E-state index is 0. The second kappa shape index (κ2) is 7.95. The number of nitrogens with zero attached hydrogens (tertiary/aromatic N) is 1. The first-order valence-corrected chi connectivity index (χ1v) is 7.38. The van der Waals surface area contributed by atoms with Gasteiger partial charge in [-0.2, -0.15) is 0 Å². The molecule has 1 heterocycles. The van der Waals surface area contributed by atoms with Gasteiger partial charge >= 0.3 is 0 Å². The standard InChI is InChI=1S/C19H19FN2.ClH/c1-22(13-3-4-15-7-9-18(20)10-8-15)14-17-6-2-5-16-11-12-21-19(16)17;/h2-12,21H,13-14H2,1H3;1H/b4-3+;. The maximum atomic E-state index is 12.8. The summed E-state index contributed by atoms with van der Waals surface area (Å²) in [5, 5.41) is 1.24. The number of fused-ring (bicyclic) bond motifs is 1. The monoisotopic (exact) mass is 330 g/mol. The number of para-hydroxylation sites is 1. The molecule has 0 saturated heterocycles. The number of likely N-dealkylation sites (N-methyl/N-ethyl adjacent to an activating group) is 1. The van der Waals surface area contributed by atoms with Gasteiger partial charge in [-0.05, 0) is 41.8 Å². The number of aromatic nitrogens is 1. The van der Waals surface area contributed by atoms with E-state index in [4.69, 9.17) is 0 Å². The van der Waals surface area contributed by atoms with Gasteiger partial charge in [-0.25, -0.2) is 4.39 Å². The molecule has 0 amide bonds. The van der Waals surface area contributed by atoms with Gasteiger partial charge in [0.1, 0.15) is 5.82 Å². The fraction of sp³-hybridized carbons (Fsp3) is 0.158. The lowest BCUT2D eigenvalue weighted by Gasteiger charge is -2.15. The number of halogens is 2. The number of nitrogens with one attached hydrogen (secondary N) is 1. The van der Waals surface area contributed by atoms with Gasteiger partial charge in [0.05, 0.1) is 0 Å². The molecule has 0 saturated carbocycles. The first-order chi connectivity index (χ1) is 10.7. The van der Waals surface area contributed by atoms with Crippen LogP contribution in [0.25, 0.3) is 17.0 Å². The molecule has 1 N–H and O–H groups in total. The molecule has 0 fully saturated rings. The summed E-state index contributed by atoms with van der Waals surface area (Å²) in [4.78, 5) is 5.55. The number of H-pyrrole nitrogens is 1. The van der Waals surface area contributed by atoms with Crippen molar-refractivity contribution in [3.05, 3.63) is 77.7 Å². The molecule has 2 nitrogen and oxygen atoms in total. The van der Waals surface area contributed by atoms with E-state index in [0.717, 1.165) is 18.7 Å². The van der Waals surface area contributed by atoms with Crippen molar-refractivity contribution in [3.8, 4) is 0 Å². The van der Waals surface area contributed by atoms with Crippen LogP contribution in [0.3, 0.4) is 0 Å². The van der Waals surface area contributed by atoms with Gasteiger partial charge in [-0.3, -0.25) is 4.90 Å². The van der Waals surface area contributed by atoms with Crippen molar-refractivity contribution < 1.29 is 4.39 Å². The molecule has 0 aliphatic carbocycles. The molecule has 0 spiro atoms. The summed E-state index contributed by atoms with van der Waals surface area (Å²) in [5.74, 6) is -0.201. The Hall–Kier alpha value is -2.10. The second-order valence-corrected chi connectivity index (χ2v) is 5.51. The number of hydrogen-bond acceptors (Lipinski definition) is 1. The molecule has 0 bridgehead atoms. The number of hydrogen-bond donors (Lipinski definition) is 1. The number of rotatable bonds is 5. The molecule has 3 aromatic rings. The Kier molecular flexibility index (Phi) is 5.97. The zero-order valence-electron chi connectivity index (χ0n) is 13.0. The first kappa shape index (κ1) is 17.3. The minimum Gasteiger partial charge on any atom is -0.361 e. The number of aromatic amines is 1. The van der Waals surface area contributed by atoms with Crippen LogP contribution >= 0.6 is 12.4 Å². The smallest absolute Gasteiger partial charge is 0.123 e. The molecule has 1 aromatic heterocycles. The average Bonchev–Trinajstić information content (AvgIpc) is 2.99. The van der Waals surface area contributed by atoms with E-state index >= 15 is 0 Å². The molecule has 0 aliphatic heterocycles. The Morgan fingerprint density at radius 3 is 2.65 bits per heavy atom. The summed E-state index contributed by atoms with van der Waals surface area (Å²) in [7, 11) is 2.09. The highest BCUT2D eigenvalue weighted by Gasteiger charge is 2.04. The van der Waals surface area contributed by atoms with Crippen molar-refractivity contribution >= 4 is 29.4 Å². The summed E-state index contributed by atoms with van der Waals surface area (Å²) in [5.41, 5.74) is 3.51. The predicted octanol–water partition coefficient (Wildman–Crippen LogP) is 4.87. The lowest BCUT2D eigenvalue weighted by Crippen LogP contribution is -2.17. The molecule has 0 unspecified atom stereocenters. The predicted molar refractivity (Wildman–Crippen MR) is 97.3 cm³/mol. The normalized spacial score (nSPS) is 11.3. The highest BCUT2D eigenvalue weighted by Crippen LogP contribution is 2.18. The SMILES string of the molecule is CN(C/C=C/c1ccc(F)cc1)Cc1cccc2cc[nH]c12.Cl. The third-order valence-electron chi connectivity index (χ3n) is 3.71. The summed E-state index contributed by atoms with van der Waals surface area (Å²) in [6, 6.07) is 15.0. The van der Waals surface area contributed by atoms with Gasteiger partial charge in [-0.15, -0.1) is 12.4 Å². The molecule has 2 aromatic carbocycles. The fourth-order valence-corrected chi connectivity index (χ4v) is 2.58. The summed E-state index contributed by atoms with van der Waals surface area (Å²) >= 11 is 0. The summed E-state index contributed by atoms with van der Waals surface area (Å²) in [6.07, 6.45) is 6.09. The highest BCUT2D eigenvalue weighted by molar-refractivity contribution is 5.85. The molecular formula is C19H20ClFN2. The minimum atomic E-state index is -0.201. The van der Waals surface area contributed by atoms with E-state index in [1.165, 1.54) is 28.6 Å². The van der Waals surface area contributed by atoms with Crippen LogP contribution in [0.2, 0.25) is 0 Å². The van der Waals surface area contributed by atoms with Crippen LogP contribution in [0.4, 0.5) is 4.39 Å². The van der Waals surface area contributed by atoms with Crippen LogP contribution in [0.5, 0.6) is 0 Å². The molecule has 23 heavy (non-hydrogen) atoms. The fourth-order valence-electron chi connectivity index (χ4n) is 2.58. The molecule has 0 radical (unpaired) electrons. The first-order valence-electron chi connectivity index (χ1n) is 7.38. The molecule has 0 atom stereocenters. The van der Waals surface area contributed by atoms with Crippen LogP contribution in [0, 0.1) is 5.82 Å². The van der Waals surface area contributed by atoms with Crippen molar-refractivity contribution in [2.24, 2.45) is 0 Å². The van der Waals surface area contributed by atoms with E-state index in [1.807, 2.05) is 12.3 Å². The van der Waals surface area contributed by atoms with E-state index in [9.17, 15) is 4.39 Å². The molecule has 3 rings (SSSR count). The van der Waals surface area contributed by atoms with Gasteiger partial charge < -0.3 is 4.98 Å². The van der Waals surface area contributed by atoms with Crippen molar-refractivity contribution in [1.82, 2.24) is 9.88 Å². The van der Waals surface area contributed by atoms with E-state index in [0.29, 0.717) is 0 Å². The molecule has 120 valence electrons. The van der Waals surface area contributed by atoms with E-state index in [1.54, 1.807) is 12.1 Å². The zero-order chi connectivity index (χ0) is 15.4. The third-order valence-corrected chi connectivity index (χ3v) is 3.71. The van der Waals surface area contributed by atoms with Crippen LogP contribution in [-0.4, -0.2) is 23.5 Å². The Bertz CT molecular complexity index is 777. The third kappa shape index (κ3) is 4.44. The Labute approximate surface area is 142 Å². The van der Waals surface area contributed by atoms with E-state index in [-0.39, 0.29) is 18.2 Å². The summed E-state index contributed by atoms with van der Waals surface area (Å²) < 4.78 is 12.8. The quantitative estimate of drug-likeness (QED) is 0.706. The van der Waals surface area contributed by atoms with Gasteiger partial charge in [-0.1, -0.05) is 42.5 Å². The van der Waals surface area contributed by atoms with Gasteiger partial charge in [0.25, 0.3) is 0 Å². The molecule has 0 aliphatic rings. The Balaban J connectivity index is 0.00000192. The molecule has 4 heteroatoms. The number of benzene rings is 2. The largest absolute Gasteiger partial charge is 0.361 e. The van der Waals surface area contributed by atoms with Crippen molar-refractivity contribution in [2.75, 3.05) is 13.6 Å². The summed E-state index contributed by atoms with van der Waals surface area (Å²) in [6.45, 7) is 1.72. The topological polar surface area (TPSA) is 19.0 Å². The lowest BCUT2D eigenvalue weighted by molar-refractivity contribution is 0.365. The average molecular weight is 331 g/mol. The Morgan fingerprint density at radius 1 is 1.09 bits per heavy atom. The maximum absolute atomic E-state index is 12.8. The van der Waals surface area contributed by atoms with Crippen LogP contribution in [0.1, 0.15) is 11.1 Å². The van der Waals surface area contributed by atoms with Gasteiger partial charge in [0.15, 0.2) is 0 Å². The van der Waals surface area contributed by atoms with Crippen LogP contribution in [-0.2, 0) is 6.54 Å². The van der Waals surface area contributed by atoms with Crippen molar-refractivity contribution in [3.63, 3.8) is 0 Å². The molecular weight excluding hydrogens is 311 g/mol. The maximum Gasteiger partial charge on any atom is 0.123 e. The van der Waals surface area contributed by atoms with Gasteiger partial charge in [0.2, 0.25) is 0 Å². The van der Waals surface area contributed by atoms with Gasteiger partial charge in [0, 0.05) is 24.8 Å². The van der Waals surface area contributed by atoms with Crippen LogP contribution < -0.4 is 0 Å². The van der Waals surface area contributed by atoms with Crippen molar-refractivity contribution in [1.29, 1.82) is 0 Å². The van der Waals surface area contributed by atoms with E-state index in [2.05, 4.69) is 47.3 Å². The van der Waals surface area contributed by atoms with Crippen molar-refractivity contribution in [2.45, 2.75) is 6.54 Å².